The molecule has 0 radical (unpaired) electrons. The highest BCUT2D eigenvalue weighted by atomic mass is 32.2. The van der Waals surface area contributed by atoms with Crippen molar-refractivity contribution in [1.29, 1.82) is 0 Å². The van der Waals surface area contributed by atoms with Crippen molar-refractivity contribution >= 4 is 41.4 Å². The number of rotatable bonds is 15. The fourth-order valence-corrected chi connectivity index (χ4v) is 3.29. The number of nitrogens with two attached hydrogens (primary N) is 1. The van der Waals surface area contributed by atoms with Crippen LogP contribution in [0.2, 0.25) is 0 Å². The lowest BCUT2D eigenvalue weighted by Crippen LogP contribution is -2.58. The standard InChI is InChI=1S/C20H32N6O7S/c1-10(2)16(21)19(31)25-13(6-11-8-22-9-23-11)18(30)24-12(4-5-34-3)17(29)26-14(20(32)33)7-15(27)28/h8-10,12-14,16H,4-7,21H2,1-3H3,(H,22,23)(H,24,30)(H,25,31)(H,26,29)(H,27,28)(H,32,33). The lowest BCUT2D eigenvalue weighted by molar-refractivity contribution is -0.147. The minimum atomic E-state index is -1.66. The first-order valence-corrected chi connectivity index (χ1v) is 11.9. The van der Waals surface area contributed by atoms with E-state index in [4.69, 9.17) is 10.8 Å². The van der Waals surface area contributed by atoms with Crippen LogP contribution in [0.5, 0.6) is 0 Å². The van der Waals surface area contributed by atoms with Crippen molar-refractivity contribution in [2.45, 2.75) is 57.3 Å². The monoisotopic (exact) mass is 500 g/mol. The van der Waals surface area contributed by atoms with Crippen molar-refractivity contribution in [3.63, 3.8) is 0 Å². The minimum Gasteiger partial charge on any atom is -0.481 e. The number of imidazole rings is 1. The third kappa shape index (κ3) is 9.79. The van der Waals surface area contributed by atoms with Crippen molar-refractivity contribution in [2.24, 2.45) is 11.7 Å². The summed E-state index contributed by atoms with van der Waals surface area (Å²) < 4.78 is 0. The number of carbonyl (C=O) groups is 5. The van der Waals surface area contributed by atoms with Crippen molar-refractivity contribution in [3.05, 3.63) is 18.2 Å². The molecule has 0 aromatic carbocycles. The molecule has 4 atom stereocenters. The van der Waals surface area contributed by atoms with Crippen LogP contribution in [0.15, 0.2) is 12.5 Å². The summed E-state index contributed by atoms with van der Waals surface area (Å²) in [5, 5.41) is 25.4. The van der Waals surface area contributed by atoms with Gasteiger partial charge in [0.2, 0.25) is 17.7 Å². The summed E-state index contributed by atoms with van der Waals surface area (Å²) in [6.07, 6.45) is 4.04. The molecule has 0 fully saturated rings. The maximum atomic E-state index is 13.1. The Morgan fingerprint density at radius 3 is 2.12 bits per heavy atom. The Hall–Kier alpha value is -3.13. The average molecular weight is 501 g/mol. The first-order chi connectivity index (χ1) is 16.0. The van der Waals surface area contributed by atoms with Crippen LogP contribution >= 0.6 is 11.8 Å². The Bertz CT molecular complexity index is 848. The second-order valence-corrected chi connectivity index (χ2v) is 8.94. The number of carbonyl (C=O) groups excluding carboxylic acids is 3. The Morgan fingerprint density at radius 2 is 1.62 bits per heavy atom. The number of thioether (sulfide) groups is 1. The number of aromatic amines is 1. The molecule has 1 aromatic rings. The number of H-pyrrole nitrogens is 1. The predicted octanol–water partition coefficient (Wildman–Crippen LogP) is -1.30. The van der Waals surface area contributed by atoms with Gasteiger partial charge in [-0.2, -0.15) is 11.8 Å². The fourth-order valence-electron chi connectivity index (χ4n) is 2.82. The van der Waals surface area contributed by atoms with Gasteiger partial charge in [0.1, 0.15) is 18.1 Å². The first kappa shape index (κ1) is 28.9. The normalized spacial score (nSPS) is 14.5. The Labute approximate surface area is 201 Å². The summed E-state index contributed by atoms with van der Waals surface area (Å²) >= 11 is 1.40. The second-order valence-electron chi connectivity index (χ2n) is 7.95. The highest BCUT2D eigenvalue weighted by Gasteiger charge is 2.31. The largest absolute Gasteiger partial charge is 0.481 e. The molecule has 34 heavy (non-hydrogen) atoms. The molecular formula is C20H32N6O7S. The van der Waals surface area contributed by atoms with Gasteiger partial charge in [-0.25, -0.2) is 9.78 Å². The van der Waals surface area contributed by atoms with Crippen LogP contribution in [-0.4, -0.2) is 86.0 Å². The van der Waals surface area contributed by atoms with Crippen molar-refractivity contribution in [1.82, 2.24) is 25.9 Å². The molecule has 8 N–H and O–H groups in total. The van der Waals surface area contributed by atoms with E-state index in [-0.39, 0.29) is 18.8 Å². The highest BCUT2D eigenvalue weighted by molar-refractivity contribution is 7.98. The molecule has 0 aliphatic carbocycles. The number of carboxylic acids is 2. The summed E-state index contributed by atoms with van der Waals surface area (Å²) in [6, 6.07) is -4.78. The van der Waals surface area contributed by atoms with Crippen LogP contribution < -0.4 is 21.7 Å². The molecule has 3 amide bonds. The molecule has 190 valence electrons. The summed E-state index contributed by atoms with van der Waals surface area (Å²) in [6.45, 7) is 3.51. The molecule has 0 saturated heterocycles. The zero-order valence-corrected chi connectivity index (χ0v) is 20.1. The van der Waals surface area contributed by atoms with Gasteiger partial charge in [0.25, 0.3) is 0 Å². The van der Waals surface area contributed by atoms with Gasteiger partial charge >= 0.3 is 11.9 Å². The Morgan fingerprint density at radius 1 is 1.03 bits per heavy atom. The van der Waals surface area contributed by atoms with E-state index < -0.39 is 60.2 Å². The summed E-state index contributed by atoms with van der Waals surface area (Å²) in [4.78, 5) is 67.3. The molecule has 0 spiro atoms. The molecule has 4 unspecified atom stereocenters. The topological polar surface area (TPSA) is 217 Å². The van der Waals surface area contributed by atoms with E-state index in [2.05, 4.69) is 25.9 Å². The molecule has 0 aliphatic heterocycles. The lowest BCUT2D eigenvalue weighted by atomic mass is 10.0. The van der Waals surface area contributed by atoms with Crippen molar-refractivity contribution < 1.29 is 34.2 Å². The van der Waals surface area contributed by atoms with E-state index in [1.165, 1.54) is 24.3 Å². The first-order valence-electron chi connectivity index (χ1n) is 10.5. The number of carboxylic acid groups (broad SMARTS) is 2. The summed E-state index contributed by atoms with van der Waals surface area (Å²) in [5.74, 6) is -4.73. The van der Waals surface area contributed by atoms with Gasteiger partial charge in [-0.15, -0.1) is 0 Å². The average Bonchev–Trinajstić information content (AvgIpc) is 3.27. The number of hydrogen-bond acceptors (Lipinski definition) is 8. The van der Waals surface area contributed by atoms with E-state index >= 15 is 0 Å². The van der Waals surface area contributed by atoms with E-state index in [9.17, 15) is 29.1 Å². The summed E-state index contributed by atoms with van der Waals surface area (Å²) in [7, 11) is 0. The number of nitrogens with zero attached hydrogens (tertiary/aromatic N) is 1. The number of aliphatic carboxylic acids is 2. The van der Waals surface area contributed by atoms with E-state index in [0.717, 1.165) is 0 Å². The quantitative estimate of drug-likeness (QED) is 0.151. The molecule has 14 heteroatoms. The van der Waals surface area contributed by atoms with E-state index in [1.807, 2.05) is 0 Å². The zero-order valence-electron chi connectivity index (χ0n) is 19.2. The van der Waals surface area contributed by atoms with E-state index in [1.54, 1.807) is 20.1 Å². The zero-order chi connectivity index (χ0) is 25.8. The van der Waals surface area contributed by atoms with Gasteiger partial charge in [-0.3, -0.25) is 19.2 Å². The molecule has 1 aromatic heterocycles. The third-order valence-electron chi connectivity index (χ3n) is 4.87. The maximum Gasteiger partial charge on any atom is 0.326 e. The van der Waals surface area contributed by atoms with Gasteiger partial charge in [0.05, 0.1) is 18.8 Å². The van der Waals surface area contributed by atoms with Gasteiger partial charge in [-0.05, 0) is 24.3 Å². The minimum absolute atomic E-state index is 0.0377. The van der Waals surface area contributed by atoms with Crippen LogP contribution in [0.4, 0.5) is 0 Å². The molecular weight excluding hydrogens is 468 g/mol. The van der Waals surface area contributed by atoms with E-state index in [0.29, 0.717) is 11.4 Å². The van der Waals surface area contributed by atoms with Crippen LogP contribution in [0.1, 0.15) is 32.4 Å². The second kappa shape index (κ2) is 14.2. The summed E-state index contributed by atoms with van der Waals surface area (Å²) in [5.41, 5.74) is 6.44. The number of nitrogens with one attached hydrogen (secondary N) is 4. The van der Waals surface area contributed by atoms with Gasteiger partial charge in [0, 0.05) is 18.3 Å². The van der Waals surface area contributed by atoms with Gasteiger partial charge in [0.15, 0.2) is 0 Å². The molecule has 1 heterocycles. The van der Waals surface area contributed by atoms with Gasteiger partial charge in [-0.1, -0.05) is 13.8 Å². The van der Waals surface area contributed by atoms with Crippen molar-refractivity contribution in [2.75, 3.05) is 12.0 Å². The smallest absolute Gasteiger partial charge is 0.326 e. The van der Waals surface area contributed by atoms with Crippen LogP contribution in [0.3, 0.4) is 0 Å². The molecule has 0 aliphatic rings. The van der Waals surface area contributed by atoms with Crippen LogP contribution in [-0.2, 0) is 30.4 Å². The number of hydrogen-bond donors (Lipinski definition) is 7. The maximum absolute atomic E-state index is 13.1. The SMILES string of the molecule is CSCCC(NC(=O)C(Cc1cnc[nH]1)NC(=O)C(N)C(C)C)C(=O)NC(CC(=O)O)C(=O)O. The molecule has 0 bridgehead atoms. The molecule has 0 saturated carbocycles. The van der Waals surface area contributed by atoms with Crippen molar-refractivity contribution in [3.8, 4) is 0 Å². The Balaban J connectivity index is 3.04. The third-order valence-corrected chi connectivity index (χ3v) is 5.51. The number of aromatic nitrogens is 2. The fraction of sp³-hybridized carbons (Fsp3) is 0.600. The van der Waals surface area contributed by atoms with Gasteiger partial charge < -0.3 is 36.9 Å². The Kier molecular flexibility index (Phi) is 12.1. The lowest BCUT2D eigenvalue weighted by Gasteiger charge is -2.25. The predicted molar refractivity (Wildman–Crippen MR) is 124 cm³/mol. The van der Waals surface area contributed by atoms with Crippen LogP contribution in [0.25, 0.3) is 0 Å². The van der Waals surface area contributed by atoms with Crippen LogP contribution in [0, 0.1) is 5.92 Å². The molecule has 13 nitrogen and oxygen atoms in total. The molecule has 1 rings (SSSR count). The highest BCUT2D eigenvalue weighted by Crippen LogP contribution is 2.07. The number of amides is 3.